The fourth-order valence-electron chi connectivity index (χ4n) is 6.40. The van der Waals surface area contributed by atoms with Crippen molar-refractivity contribution >= 4 is 15.6 Å². The quantitative estimate of drug-likeness (QED) is 0.110. The molecule has 3 saturated heterocycles. The maximum absolute atomic E-state index is 13.2. The second-order valence-electron chi connectivity index (χ2n) is 13.6. The van der Waals surface area contributed by atoms with E-state index in [2.05, 4.69) is 15.0 Å². The van der Waals surface area contributed by atoms with Gasteiger partial charge in [0.1, 0.15) is 37.0 Å². The second kappa shape index (κ2) is 16.2. The van der Waals surface area contributed by atoms with Crippen molar-refractivity contribution < 1.29 is 56.3 Å². The van der Waals surface area contributed by atoms with E-state index >= 15 is 0 Å². The van der Waals surface area contributed by atoms with Crippen LogP contribution in [0.4, 0.5) is 0 Å². The topological polar surface area (TPSA) is 324 Å². The van der Waals surface area contributed by atoms with E-state index in [9.17, 15) is 52.8 Å². The van der Waals surface area contributed by atoms with Gasteiger partial charge in [-0.3, -0.25) is 61.1 Å². The lowest BCUT2D eigenvalue weighted by atomic mass is 10.2. The van der Waals surface area contributed by atoms with Crippen molar-refractivity contribution in [2.45, 2.75) is 102 Å². The van der Waals surface area contributed by atoms with Gasteiger partial charge >= 0.3 is 32.7 Å². The van der Waals surface area contributed by atoms with Gasteiger partial charge in [-0.25, -0.2) is 23.5 Å². The molecule has 0 amide bonds. The average Bonchev–Trinajstić information content (AvgIpc) is 3.79. The van der Waals surface area contributed by atoms with Crippen LogP contribution in [0.15, 0.2) is 47.4 Å². The van der Waals surface area contributed by atoms with E-state index in [-0.39, 0.29) is 36.0 Å². The summed E-state index contributed by atoms with van der Waals surface area (Å²) in [6.45, 7) is 4.35. The Labute approximate surface area is 313 Å². The molecule has 26 heteroatoms. The summed E-state index contributed by atoms with van der Waals surface area (Å²) < 4.78 is 67.9. The van der Waals surface area contributed by atoms with Crippen molar-refractivity contribution in [3.05, 3.63) is 97.8 Å². The maximum Gasteiger partial charge on any atom is 0.472 e. The molecule has 0 aromatic carbocycles. The van der Waals surface area contributed by atoms with Crippen LogP contribution in [0, 0.1) is 20.8 Å². The number of aliphatic hydroxyl groups is 1. The van der Waals surface area contributed by atoms with Crippen molar-refractivity contribution in [3.8, 4) is 0 Å². The van der Waals surface area contributed by atoms with Crippen LogP contribution in [0.25, 0.3) is 0 Å². The Morgan fingerprint density at radius 1 is 0.643 bits per heavy atom. The van der Waals surface area contributed by atoms with E-state index in [1.54, 1.807) is 0 Å². The first-order valence-electron chi connectivity index (χ1n) is 17.1. The van der Waals surface area contributed by atoms with E-state index in [1.807, 2.05) is 0 Å². The van der Waals surface area contributed by atoms with Gasteiger partial charge in [-0.1, -0.05) is 0 Å². The number of hydrogen-bond donors (Lipinski definition) is 6. The number of aliphatic hydroxyl groups excluding tert-OH is 1. The van der Waals surface area contributed by atoms with Crippen LogP contribution in [-0.4, -0.2) is 93.4 Å². The highest BCUT2D eigenvalue weighted by Gasteiger charge is 2.46. The maximum atomic E-state index is 13.2. The normalized spacial score (nSPS) is 30.0. The smallest absolute Gasteiger partial charge is 0.390 e. The summed E-state index contributed by atoms with van der Waals surface area (Å²) in [7, 11) is -10.1. The van der Waals surface area contributed by atoms with Crippen LogP contribution in [0.5, 0.6) is 0 Å². The van der Waals surface area contributed by atoms with Gasteiger partial charge in [-0.05, 0) is 27.7 Å². The van der Waals surface area contributed by atoms with E-state index in [0.717, 1.165) is 13.7 Å². The number of aromatic nitrogens is 6. The van der Waals surface area contributed by atoms with Crippen molar-refractivity contribution in [1.29, 1.82) is 0 Å². The molecule has 6 N–H and O–H groups in total. The molecule has 24 nitrogen and oxygen atoms in total. The Morgan fingerprint density at radius 3 is 1.50 bits per heavy atom. The lowest BCUT2D eigenvalue weighted by Gasteiger charge is -2.24. The summed E-state index contributed by atoms with van der Waals surface area (Å²) in [6.07, 6.45) is -7.49. The predicted molar refractivity (Wildman–Crippen MR) is 187 cm³/mol. The molecule has 3 fully saturated rings. The first kappa shape index (κ1) is 41.7. The molecule has 11 unspecified atom stereocenters. The van der Waals surface area contributed by atoms with E-state index in [0.29, 0.717) is 0 Å². The summed E-state index contributed by atoms with van der Waals surface area (Å²) in [5.41, 5.74) is -3.80. The number of hydrogen-bond acceptors (Lipinski definition) is 16. The van der Waals surface area contributed by atoms with Crippen LogP contribution in [-0.2, 0) is 41.4 Å². The third-order valence-corrected chi connectivity index (χ3v) is 11.4. The number of nitrogens with one attached hydrogen (secondary N) is 3. The van der Waals surface area contributed by atoms with Crippen LogP contribution < -0.4 is 33.7 Å². The molecular weight excluding hydrogens is 794 g/mol. The minimum atomic E-state index is -5.08. The van der Waals surface area contributed by atoms with Crippen molar-refractivity contribution in [1.82, 2.24) is 28.7 Å². The minimum absolute atomic E-state index is 0.102. The highest BCUT2D eigenvalue weighted by molar-refractivity contribution is 7.47. The number of rotatable bonds is 13. The summed E-state index contributed by atoms with van der Waals surface area (Å²) >= 11 is 0. The molecule has 56 heavy (non-hydrogen) atoms. The molecule has 6 heterocycles. The first-order valence-corrected chi connectivity index (χ1v) is 20.1. The summed E-state index contributed by atoms with van der Waals surface area (Å²) in [5, 5.41) is 10.6. The number of phosphoric acid groups is 2. The van der Waals surface area contributed by atoms with Gasteiger partial charge in [0.2, 0.25) is 0 Å². The molecule has 11 atom stereocenters. The number of aromatic amines is 3. The molecule has 3 aliphatic heterocycles. The van der Waals surface area contributed by atoms with Crippen molar-refractivity contribution in [2.24, 2.45) is 0 Å². The zero-order valence-electron chi connectivity index (χ0n) is 30.2. The van der Waals surface area contributed by atoms with Gasteiger partial charge in [-0.15, -0.1) is 0 Å². The second-order valence-corrected chi connectivity index (χ2v) is 16.4. The third kappa shape index (κ3) is 9.28. The van der Waals surface area contributed by atoms with Gasteiger partial charge in [0, 0.05) is 54.5 Å². The molecule has 0 bridgehead atoms. The van der Waals surface area contributed by atoms with E-state index in [4.69, 9.17) is 32.3 Å². The predicted octanol–water partition coefficient (Wildman–Crippen LogP) is -1.19. The molecule has 3 aromatic rings. The van der Waals surface area contributed by atoms with Gasteiger partial charge < -0.3 is 29.1 Å². The van der Waals surface area contributed by atoms with Crippen molar-refractivity contribution in [2.75, 3.05) is 13.2 Å². The standard InChI is InChI=1S/C30H40N6O18P2/c1-13-8-34(28(41)31-25(13)38)22-5-17(37)20(51-22)11-48-56(46,47)54-19-7-24(36-10-15(3)27(40)33-30(36)43)52-21(19)12-49-55(44,45)53-18-6-23(50-16(18)4)35-9-14(2)26(39)32-29(35)42/h8-10,16-24,37H,5-7,11-12H2,1-4H3,(H,44,45)(H,46,47)(H,31,38,41)(H,32,39,42)(H,33,40,43). The van der Waals surface area contributed by atoms with Crippen LogP contribution >= 0.6 is 15.6 Å². The Bertz CT molecular complexity index is 2420. The first-order chi connectivity index (χ1) is 26.2. The Hall–Kier alpha value is -3.90. The minimum Gasteiger partial charge on any atom is -0.390 e. The van der Waals surface area contributed by atoms with Crippen LogP contribution in [0.2, 0.25) is 0 Å². The molecule has 6 rings (SSSR count). The number of H-pyrrole nitrogens is 3. The Kier molecular flexibility index (Phi) is 12.0. The average molecular weight is 835 g/mol. The van der Waals surface area contributed by atoms with Crippen LogP contribution in [0.1, 0.15) is 61.6 Å². The zero-order chi connectivity index (χ0) is 40.9. The Morgan fingerprint density at radius 2 is 1.02 bits per heavy atom. The summed E-state index contributed by atoms with van der Waals surface area (Å²) in [5.74, 6) is 0. The monoisotopic (exact) mass is 834 g/mol. The summed E-state index contributed by atoms with van der Waals surface area (Å²) in [6, 6.07) is 0. The van der Waals surface area contributed by atoms with Crippen molar-refractivity contribution in [3.63, 3.8) is 0 Å². The zero-order valence-corrected chi connectivity index (χ0v) is 32.0. The molecular formula is C30H40N6O18P2. The van der Waals surface area contributed by atoms with E-state index in [1.165, 1.54) is 46.3 Å². The SMILES string of the molecule is Cc1cn(C2CC(OP(=O)(O)OCC3OC(n4cc(C)c(=O)[nH]c4=O)CC3OP(=O)(O)OCC3OC(n4cc(C)c(=O)[nH]c4=O)CC3O)C(C)O2)c(=O)[nH]c1=O. The molecule has 0 spiro atoms. The largest absolute Gasteiger partial charge is 0.472 e. The molecule has 0 radical (unpaired) electrons. The molecule has 3 aliphatic rings. The fourth-order valence-corrected chi connectivity index (χ4v) is 8.35. The third-order valence-electron chi connectivity index (χ3n) is 9.42. The highest BCUT2D eigenvalue weighted by atomic mass is 31.2. The molecule has 0 saturated carbocycles. The van der Waals surface area contributed by atoms with Gasteiger partial charge in [0.05, 0.1) is 31.5 Å². The molecule has 308 valence electrons. The lowest BCUT2D eigenvalue weighted by Crippen LogP contribution is -2.33. The number of ether oxygens (including phenoxy) is 3. The number of nitrogens with zero attached hydrogens (tertiary/aromatic N) is 3. The van der Waals surface area contributed by atoms with Gasteiger partial charge in [0.15, 0.2) is 0 Å². The summed E-state index contributed by atoms with van der Waals surface area (Å²) in [4.78, 5) is 101. The Balaban J connectivity index is 1.13. The number of aryl methyl sites for hydroxylation is 3. The van der Waals surface area contributed by atoms with E-state index < -0.39 is 118 Å². The van der Waals surface area contributed by atoms with Gasteiger partial charge in [-0.2, -0.15) is 0 Å². The molecule has 3 aromatic heterocycles. The highest BCUT2D eigenvalue weighted by Crippen LogP contribution is 2.51. The van der Waals surface area contributed by atoms with Gasteiger partial charge in [0.25, 0.3) is 16.7 Å². The lowest BCUT2D eigenvalue weighted by molar-refractivity contribution is -0.0591. The molecule has 0 aliphatic carbocycles. The van der Waals surface area contributed by atoms with Crippen LogP contribution in [0.3, 0.4) is 0 Å². The fraction of sp³-hybridized carbons (Fsp3) is 0.600. The number of phosphoric ester groups is 2.